The quantitative estimate of drug-likeness (QED) is 0.842. The Hall–Kier alpha value is -2.11. The van der Waals surface area contributed by atoms with Gasteiger partial charge in [0.2, 0.25) is 5.88 Å². The Labute approximate surface area is 158 Å². The van der Waals surface area contributed by atoms with Gasteiger partial charge >= 0.3 is 0 Å². The zero-order valence-electron chi connectivity index (χ0n) is 14.9. The molecule has 1 saturated carbocycles. The lowest BCUT2D eigenvalue weighted by Crippen LogP contribution is -2.45. The van der Waals surface area contributed by atoms with Gasteiger partial charge in [-0.2, -0.15) is 0 Å². The molecule has 1 aliphatic rings. The van der Waals surface area contributed by atoms with E-state index >= 15 is 0 Å². The Morgan fingerprint density at radius 1 is 1.35 bits per heavy atom. The smallest absolute Gasteiger partial charge is 0.253 e. The van der Waals surface area contributed by atoms with Crippen LogP contribution < -0.4 is 15.8 Å². The average Bonchev–Trinajstić information content (AvgIpc) is 2.69. The highest BCUT2D eigenvalue weighted by atomic mass is 35.5. The number of aromatic nitrogens is 1. The second kappa shape index (κ2) is 8.06. The van der Waals surface area contributed by atoms with Crippen LogP contribution in [0.15, 0.2) is 42.6 Å². The number of amides is 1. The first-order valence-electron chi connectivity index (χ1n) is 8.83. The third-order valence-corrected chi connectivity index (χ3v) is 5.55. The second-order valence-corrected chi connectivity index (χ2v) is 7.27. The van der Waals surface area contributed by atoms with E-state index in [2.05, 4.69) is 16.4 Å². The second-order valence-electron chi connectivity index (χ2n) is 6.83. The molecule has 0 aliphatic heterocycles. The van der Waals surface area contributed by atoms with Crippen LogP contribution in [-0.2, 0) is 5.41 Å². The normalized spacial score (nSPS) is 22.7. The number of nitrogens with one attached hydrogen (secondary N) is 1. The largest absolute Gasteiger partial charge is 0.481 e. The Morgan fingerprint density at radius 3 is 2.69 bits per heavy atom. The summed E-state index contributed by atoms with van der Waals surface area (Å²) in [6.45, 7) is 0.580. The van der Waals surface area contributed by atoms with Gasteiger partial charge in [-0.15, -0.1) is 0 Å². The average molecular weight is 374 g/mol. The van der Waals surface area contributed by atoms with Gasteiger partial charge in [0.05, 0.1) is 12.7 Å². The predicted octanol–water partition coefficient (Wildman–Crippen LogP) is 3.31. The van der Waals surface area contributed by atoms with Crippen LogP contribution in [0.4, 0.5) is 0 Å². The number of nitrogens with two attached hydrogens (primary N) is 1. The Kier molecular flexibility index (Phi) is 5.79. The van der Waals surface area contributed by atoms with Crippen molar-refractivity contribution >= 4 is 17.5 Å². The standard InChI is InChI=1S/C20H24ClN3O2/c1-26-18-6-5-14(12-23-18)19(25)24-17-7-9-20(13-22,10-8-17)15-3-2-4-16(21)11-15/h2-6,11-12,17H,7-10,13,22H2,1H3,(H,24,25). The first-order valence-corrected chi connectivity index (χ1v) is 9.21. The molecule has 1 aromatic heterocycles. The molecule has 2 aromatic rings. The lowest BCUT2D eigenvalue weighted by Gasteiger charge is -2.40. The van der Waals surface area contributed by atoms with Crippen LogP contribution in [0.2, 0.25) is 5.02 Å². The molecule has 3 rings (SSSR count). The van der Waals surface area contributed by atoms with Crippen LogP contribution in [0, 0.1) is 0 Å². The zero-order chi connectivity index (χ0) is 18.6. The Bertz CT molecular complexity index is 756. The van der Waals surface area contributed by atoms with Gasteiger partial charge in [0.15, 0.2) is 0 Å². The molecule has 1 fully saturated rings. The molecule has 0 spiro atoms. The minimum Gasteiger partial charge on any atom is -0.481 e. The highest BCUT2D eigenvalue weighted by molar-refractivity contribution is 6.30. The molecule has 26 heavy (non-hydrogen) atoms. The number of ether oxygens (including phenoxy) is 1. The molecule has 0 unspecified atom stereocenters. The van der Waals surface area contributed by atoms with Gasteiger partial charge in [0.1, 0.15) is 0 Å². The Morgan fingerprint density at radius 2 is 2.12 bits per heavy atom. The van der Waals surface area contributed by atoms with Gasteiger partial charge in [-0.3, -0.25) is 4.79 Å². The van der Waals surface area contributed by atoms with E-state index in [0.29, 0.717) is 18.0 Å². The molecule has 0 atom stereocenters. The maximum Gasteiger partial charge on any atom is 0.253 e. The van der Waals surface area contributed by atoms with E-state index in [4.69, 9.17) is 22.1 Å². The molecule has 1 aliphatic carbocycles. The van der Waals surface area contributed by atoms with Crippen LogP contribution in [0.1, 0.15) is 41.6 Å². The highest BCUT2D eigenvalue weighted by Gasteiger charge is 2.36. The summed E-state index contributed by atoms with van der Waals surface area (Å²) >= 11 is 6.16. The summed E-state index contributed by atoms with van der Waals surface area (Å²) < 4.78 is 5.02. The van der Waals surface area contributed by atoms with E-state index in [-0.39, 0.29) is 17.4 Å². The summed E-state index contributed by atoms with van der Waals surface area (Å²) in [6.07, 6.45) is 5.16. The highest BCUT2D eigenvalue weighted by Crippen LogP contribution is 2.39. The van der Waals surface area contributed by atoms with Crippen LogP contribution in [0.3, 0.4) is 0 Å². The van der Waals surface area contributed by atoms with Crippen molar-refractivity contribution in [2.45, 2.75) is 37.1 Å². The van der Waals surface area contributed by atoms with Crippen molar-refractivity contribution < 1.29 is 9.53 Å². The number of carbonyl (C=O) groups excluding carboxylic acids is 1. The number of hydrogen-bond acceptors (Lipinski definition) is 4. The van der Waals surface area contributed by atoms with Crippen molar-refractivity contribution in [1.82, 2.24) is 10.3 Å². The van der Waals surface area contributed by atoms with Gasteiger partial charge < -0.3 is 15.8 Å². The summed E-state index contributed by atoms with van der Waals surface area (Å²) in [4.78, 5) is 16.5. The maximum absolute atomic E-state index is 12.4. The molecule has 1 heterocycles. The lowest BCUT2D eigenvalue weighted by molar-refractivity contribution is 0.0917. The van der Waals surface area contributed by atoms with Gasteiger partial charge in [0, 0.05) is 35.3 Å². The molecular formula is C20H24ClN3O2. The monoisotopic (exact) mass is 373 g/mol. The number of nitrogens with zero attached hydrogens (tertiary/aromatic N) is 1. The zero-order valence-corrected chi connectivity index (χ0v) is 15.6. The molecular weight excluding hydrogens is 350 g/mol. The minimum absolute atomic E-state index is 0.0617. The van der Waals surface area contributed by atoms with Crippen LogP contribution >= 0.6 is 11.6 Å². The van der Waals surface area contributed by atoms with Gasteiger partial charge in [0.25, 0.3) is 5.91 Å². The fourth-order valence-electron chi connectivity index (χ4n) is 3.65. The molecule has 138 valence electrons. The van der Waals surface area contributed by atoms with Gasteiger partial charge in [-0.1, -0.05) is 23.7 Å². The van der Waals surface area contributed by atoms with Crippen molar-refractivity contribution in [3.05, 3.63) is 58.7 Å². The fraction of sp³-hybridized carbons (Fsp3) is 0.400. The van der Waals surface area contributed by atoms with Gasteiger partial charge in [-0.05, 0) is 49.4 Å². The van der Waals surface area contributed by atoms with Crippen molar-refractivity contribution in [3.63, 3.8) is 0 Å². The van der Waals surface area contributed by atoms with Crippen molar-refractivity contribution in [1.29, 1.82) is 0 Å². The summed E-state index contributed by atoms with van der Waals surface area (Å²) in [5, 5.41) is 3.84. The molecule has 0 radical (unpaired) electrons. The summed E-state index contributed by atoms with van der Waals surface area (Å²) in [6, 6.07) is 11.5. The molecule has 3 N–H and O–H groups in total. The van der Waals surface area contributed by atoms with Crippen molar-refractivity contribution in [3.8, 4) is 5.88 Å². The van der Waals surface area contributed by atoms with E-state index in [1.54, 1.807) is 19.2 Å². The SMILES string of the molecule is COc1ccc(C(=O)NC2CCC(CN)(c3cccc(Cl)c3)CC2)cn1. The number of rotatable bonds is 5. The molecule has 5 nitrogen and oxygen atoms in total. The fourth-order valence-corrected chi connectivity index (χ4v) is 3.84. The lowest BCUT2D eigenvalue weighted by atomic mass is 9.68. The van der Waals surface area contributed by atoms with Crippen LogP contribution in [-0.4, -0.2) is 30.6 Å². The number of methoxy groups -OCH3 is 1. The van der Waals surface area contributed by atoms with E-state index in [0.717, 1.165) is 30.7 Å². The van der Waals surface area contributed by atoms with Crippen LogP contribution in [0.5, 0.6) is 5.88 Å². The molecule has 1 aromatic carbocycles. The molecule has 1 amide bonds. The van der Waals surface area contributed by atoms with Crippen molar-refractivity contribution in [2.75, 3.05) is 13.7 Å². The molecule has 0 bridgehead atoms. The number of hydrogen-bond donors (Lipinski definition) is 2. The van der Waals surface area contributed by atoms with E-state index in [1.165, 1.54) is 11.8 Å². The van der Waals surface area contributed by atoms with E-state index in [1.807, 2.05) is 18.2 Å². The summed E-state index contributed by atoms with van der Waals surface area (Å²) in [7, 11) is 1.55. The van der Waals surface area contributed by atoms with Crippen molar-refractivity contribution in [2.24, 2.45) is 5.73 Å². The van der Waals surface area contributed by atoms with Crippen LogP contribution in [0.25, 0.3) is 0 Å². The first kappa shape index (κ1) is 18.7. The topological polar surface area (TPSA) is 77.2 Å². The maximum atomic E-state index is 12.4. The summed E-state index contributed by atoms with van der Waals surface area (Å²) in [5.41, 5.74) is 7.80. The summed E-state index contributed by atoms with van der Waals surface area (Å²) in [5.74, 6) is 0.390. The number of pyridine rings is 1. The third kappa shape index (κ3) is 4.00. The molecule has 0 saturated heterocycles. The number of benzene rings is 1. The molecule has 6 heteroatoms. The predicted molar refractivity (Wildman–Crippen MR) is 103 cm³/mol. The number of carbonyl (C=O) groups is 1. The number of halogens is 1. The van der Waals surface area contributed by atoms with Gasteiger partial charge in [-0.25, -0.2) is 4.98 Å². The minimum atomic E-state index is -0.104. The third-order valence-electron chi connectivity index (χ3n) is 5.31. The van der Waals surface area contributed by atoms with E-state index in [9.17, 15) is 4.79 Å². The first-order chi connectivity index (χ1) is 12.6. The Balaban J connectivity index is 1.62. The van der Waals surface area contributed by atoms with E-state index < -0.39 is 0 Å².